The maximum absolute atomic E-state index is 11.4. The Morgan fingerprint density at radius 3 is 2.83 bits per heavy atom. The minimum Gasteiger partial charge on any atom is -0.477 e. The lowest BCUT2D eigenvalue weighted by atomic mass is 10.1. The molecule has 0 radical (unpaired) electrons. The highest BCUT2D eigenvalue weighted by Crippen LogP contribution is 2.30. The summed E-state index contributed by atoms with van der Waals surface area (Å²) in [4.78, 5) is 11.4. The van der Waals surface area contributed by atoms with Crippen molar-refractivity contribution < 1.29 is 9.90 Å². The summed E-state index contributed by atoms with van der Waals surface area (Å²) in [6.45, 7) is 1.55. The molecular weight excluding hydrogens is 230 g/mol. The average molecular weight is 243 g/mol. The molecule has 0 saturated carbocycles. The van der Waals surface area contributed by atoms with Crippen molar-refractivity contribution in [2.24, 2.45) is 0 Å². The van der Waals surface area contributed by atoms with Gasteiger partial charge in [0.1, 0.15) is 17.1 Å². The Morgan fingerprint density at radius 2 is 2.11 bits per heavy atom. The zero-order valence-corrected chi connectivity index (χ0v) is 9.76. The van der Waals surface area contributed by atoms with E-state index < -0.39 is 5.97 Å². The molecule has 1 aromatic carbocycles. The molecule has 0 spiro atoms. The minimum absolute atomic E-state index is 0.265. The maximum atomic E-state index is 11.4. The van der Waals surface area contributed by atoms with Crippen molar-refractivity contribution in [1.29, 1.82) is 0 Å². The second-order valence-corrected chi connectivity index (χ2v) is 4.25. The number of anilines is 1. The van der Waals surface area contributed by atoms with E-state index in [1.54, 1.807) is 4.68 Å². The molecule has 5 heteroatoms. The van der Waals surface area contributed by atoms with Gasteiger partial charge in [-0.05, 0) is 6.42 Å². The standard InChI is InChI=1S/C13H13N3O2/c17-13(18)10-11(9-5-2-1-3-6-9)15-16-8-4-7-14-12(10)16/h1-3,5-6,14H,4,7-8H2,(H,17,18). The lowest BCUT2D eigenvalue weighted by Gasteiger charge is -2.15. The fraction of sp³-hybridized carbons (Fsp3) is 0.231. The Balaban J connectivity index is 2.20. The van der Waals surface area contributed by atoms with E-state index in [2.05, 4.69) is 10.4 Å². The largest absolute Gasteiger partial charge is 0.477 e. The number of hydrogen-bond acceptors (Lipinski definition) is 3. The summed E-state index contributed by atoms with van der Waals surface area (Å²) < 4.78 is 1.75. The summed E-state index contributed by atoms with van der Waals surface area (Å²) in [5.74, 6) is -0.322. The van der Waals surface area contributed by atoms with E-state index in [4.69, 9.17) is 0 Å². The summed E-state index contributed by atoms with van der Waals surface area (Å²) in [6.07, 6.45) is 0.960. The topological polar surface area (TPSA) is 67.1 Å². The smallest absolute Gasteiger partial charge is 0.341 e. The number of carboxylic acid groups (broad SMARTS) is 1. The number of benzene rings is 1. The van der Waals surface area contributed by atoms with E-state index >= 15 is 0 Å². The van der Waals surface area contributed by atoms with Crippen LogP contribution in [0.4, 0.5) is 5.82 Å². The summed E-state index contributed by atoms with van der Waals surface area (Å²) in [5.41, 5.74) is 1.63. The Hall–Kier alpha value is -2.30. The van der Waals surface area contributed by atoms with Gasteiger partial charge >= 0.3 is 5.97 Å². The molecule has 3 rings (SSSR count). The Labute approximate surface area is 104 Å². The number of rotatable bonds is 2. The quantitative estimate of drug-likeness (QED) is 0.847. The van der Waals surface area contributed by atoms with Gasteiger partial charge in [-0.25, -0.2) is 9.48 Å². The van der Waals surface area contributed by atoms with Crippen molar-refractivity contribution in [1.82, 2.24) is 9.78 Å². The van der Waals surface area contributed by atoms with Crippen molar-refractivity contribution in [3.05, 3.63) is 35.9 Å². The van der Waals surface area contributed by atoms with Gasteiger partial charge in [0, 0.05) is 18.7 Å². The first kappa shape index (κ1) is 10.8. The van der Waals surface area contributed by atoms with E-state index in [1.807, 2.05) is 30.3 Å². The number of hydrogen-bond donors (Lipinski definition) is 2. The number of aryl methyl sites for hydroxylation is 1. The van der Waals surface area contributed by atoms with Gasteiger partial charge in [0.05, 0.1) is 0 Å². The van der Waals surface area contributed by atoms with Crippen molar-refractivity contribution in [3.63, 3.8) is 0 Å². The zero-order valence-electron chi connectivity index (χ0n) is 9.76. The van der Waals surface area contributed by atoms with Crippen LogP contribution in [0.3, 0.4) is 0 Å². The lowest BCUT2D eigenvalue weighted by molar-refractivity contribution is 0.0698. The molecule has 2 N–H and O–H groups in total. The van der Waals surface area contributed by atoms with Crippen LogP contribution in [0, 0.1) is 0 Å². The summed E-state index contributed by atoms with van der Waals surface area (Å²) >= 11 is 0. The molecule has 92 valence electrons. The molecule has 18 heavy (non-hydrogen) atoms. The zero-order chi connectivity index (χ0) is 12.5. The number of nitrogens with one attached hydrogen (secondary N) is 1. The molecule has 1 aliphatic heterocycles. The average Bonchev–Trinajstić information content (AvgIpc) is 2.79. The fourth-order valence-electron chi connectivity index (χ4n) is 2.24. The van der Waals surface area contributed by atoms with Gasteiger partial charge in [-0.1, -0.05) is 30.3 Å². The Kier molecular flexibility index (Phi) is 2.51. The molecule has 2 aromatic rings. The predicted octanol–water partition coefficient (Wildman–Crippen LogP) is 2.06. The molecule has 0 bridgehead atoms. The molecule has 2 heterocycles. The number of carboxylic acids is 1. The third kappa shape index (κ3) is 1.64. The Bertz CT molecular complexity index is 590. The lowest BCUT2D eigenvalue weighted by Crippen LogP contribution is -2.19. The highest BCUT2D eigenvalue weighted by Gasteiger charge is 2.25. The van der Waals surface area contributed by atoms with Crippen molar-refractivity contribution in [3.8, 4) is 11.3 Å². The minimum atomic E-state index is -0.940. The predicted molar refractivity (Wildman–Crippen MR) is 67.7 cm³/mol. The first-order valence-electron chi connectivity index (χ1n) is 5.91. The van der Waals surface area contributed by atoms with Crippen LogP contribution in [0.2, 0.25) is 0 Å². The van der Waals surface area contributed by atoms with Crippen LogP contribution in [0.25, 0.3) is 11.3 Å². The van der Waals surface area contributed by atoms with Crippen LogP contribution in [0.15, 0.2) is 30.3 Å². The molecule has 0 fully saturated rings. The third-order valence-electron chi connectivity index (χ3n) is 3.05. The summed E-state index contributed by atoms with van der Waals surface area (Å²) in [6, 6.07) is 9.42. The number of aromatic carboxylic acids is 1. The van der Waals surface area contributed by atoms with Crippen LogP contribution < -0.4 is 5.32 Å². The molecule has 0 saturated heterocycles. The highest BCUT2D eigenvalue weighted by molar-refractivity contribution is 6.00. The second kappa shape index (κ2) is 4.18. The normalized spacial score (nSPS) is 13.8. The van der Waals surface area contributed by atoms with Crippen molar-refractivity contribution in [2.45, 2.75) is 13.0 Å². The molecule has 1 aliphatic rings. The molecule has 1 aromatic heterocycles. The first-order valence-corrected chi connectivity index (χ1v) is 5.91. The molecular formula is C13H13N3O2. The van der Waals surface area contributed by atoms with Crippen LogP contribution in [-0.4, -0.2) is 27.4 Å². The molecule has 0 amide bonds. The molecule has 0 aliphatic carbocycles. The van der Waals surface area contributed by atoms with Crippen LogP contribution in [0.1, 0.15) is 16.8 Å². The molecule has 0 atom stereocenters. The fourth-order valence-corrected chi connectivity index (χ4v) is 2.24. The highest BCUT2D eigenvalue weighted by atomic mass is 16.4. The van der Waals surface area contributed by atoms with Crippen LogP contribution in [0.5, 0.6) is 0 Å². The van der Waals surface area contributed by atoms with E-state index in [9.17, 15) is 9.90 Å². The number of nitrogens with zero attached hydrogens (tertiary/aromatic N) is 2. The van der Waals surface area contributed by atoms with Gasteiger partial charge in [-0.2, -0.15) is 5.10 Å². The SMILES string of the molecule is O=C(O)c1c(-c2ccccc2)nn2c1NCCC2. The summed E-state index contributed by atoms with van der Waals surface area (Å²) in [7, 11) is 0. The molecule has 5 nitrogen and oxygen atoms in total. The van der Waals surface area contributed by atoms with Crippen LogP contribution in [-0.2, 0) is 6.54 Å². The van der Waals surface area contributed by atoms with Gasteiger partial charge in [-0.15, -0.1) is 0 Å². The number of fused-ring (bicyclic) bond motifs is 1. The first-order chi connectivity index (χ1) is 8.77. The van der Waals surface area contributed by atoms with E-state index in [0.29, 0.717) is 11.5 Å². The van der Waals surface area contributed by atoms with Crippen molar-refractivity contribution in [2.75, 3.05) is 11.9 Å². The van der Waals surface area contributed by atoms with E-state index in [1.165, 1.54) is 0 Å². The van der Waals surface area contributed by atoms with Crippen LogP contribution >= 0.6 is 0 Å². The maximum Gasteiger partial charge on any atom is 0.341 e. The van der Waals surface area contributed by atoms with Gasteiger partial charge in [0.25, 0.3) is 0 Å². The second-order valence-electron chi connectivity index (χ2n) is 4.25. The third-order valence-corrected chi connectivity index (χ3v) is 3.05. The monoisotopic (exact) mass is 243 g/mol. The Morgan fingerprint density at radius 1 is 1.33 bits per heavy atom. The number of aromatic nitrogens is 2. The number of carbonyl (C=O) groups is 1. The van der Waals surface area contributed by atoms with Gasteiger partial charge < -0.3 is 10.4 Å². The van der Waals surface area contributed by atoms with Gasteiger partial charge in [-0.3, -0.25) is 0 Å². The van der Waals surface area contributed by atoms with Gasteiger partial charge in [0.15, 0.2) is 0 Å². The van der Waals surface area contributed by atoms with Crippen molar-refractivity contribution >= 4 is 11.8 Å². The van der Waals surface area contributed by atoms with E-state index in [-0.39, 0.29) is 5.56 Å². The van der Waals surface area contributed by atoms with E-state index in [0.717, 1.165) is 25.1 Å². The molecule has 0 unspecified atom stereocenters. The summed E-state index contributed by atoms with van der Waals surface area (Å²) in [5, 5.41) is 16.9. The van der Waals surface area contributed by atoms with Gasteiger partial charge in [0.2, 0.25) is 0 Å².